The van der Waals surface area contributed by atoms with Gasteiger partial charge in [0.1, 0.15) is 6.61 Å². The molecular weight excluding hydrogens is 228 g/mol. The number of nitrogens with zero attached hydrogens (tertiary/aromatic N) is 1. The molecule has 3 fully saturated rings. The van der Waals surface area contributed by atoms with E-state index in [-0.39, 0.29) is 18.1 Å². The Bertz CT molecular complexity index is 324. The molecular formula is C14H24N2O2. The molecule has 102 valence electrons. The third kappa shape index (κ3) is 2.16. The highest BCUT2D eigenvalue weighted by Crippen LogP contribution is 2.36. The SMILES string of the molecule is CC1(C2CCNCC2)CN(C2CCC2)C(=O)CO1. The van der Waals surface area contributed by atoms with Gasteiger partial charge < -0.3 is 15.0 Å². The molecule has 1 amide bonds. The molecule has 0 bridgehead atoms. The predicted molar refractivity (Wildman–Crippen MR) is 69.3 cm³/mol. The number of morpholine rings is 1. The molecule has 0 spiro atoms. The van der Waals surface area contributed by atoms with Crippen LogP contribution in [0.5, 0.6) is 0 Å². The van der Waals surface area contributed by atoms with E-state index in [2.05, 4.69) is 17.1 Å². The molecule has 2 heterocycles. The van der Waals surface area contributed by atoms with Gasteiger partial charge in [-0.05, 0) is 58.0 Å². The van der Waals surface area contributed by atoms with Crippen LogP contribution < -0.4 is 5.32 Å². The number of nitrogens with one attached hydrogen (secondary N) is 1. The third-order valence-corrected chi connectivity index (χ3v) is 5.05. The molecule has 2 aliphatic heterocycles. The van der Waals surface area contributed by atoms with Crippen molar-refractivity contribution < 1.29 is 9.53 Å². The minimum atomic E-state index is -0.119. The largest absolute Gasteiger partial charge is 0.363 e. The van der Waals surface area contributed by atoms with Gasteiger partial charge in [-0.2, -0.15) is 0 Å². The lowest BCUT2D eigenvalue weighted by Crippen LogP contribution is -2.61. The first-order chi connectivity index (χ1) is 8.69. The summed E-state index contributed by atoms with van der Waals surface area (Å²) in [6.45, 7) is 5.47. The number of ether oxygens (including phenoxy) is 1. The maximum absolute atomic E-state index is 12.0. The molecule has 1 aliphatic carbocycles. The molecule has 2 saturated heterocycles. The number of amides is 1. The topological polar surface area (TPSA) is 41.6 Å². The second-order valence-electron chi connectivity index (χ2n) is 6.23. The van der Waals surface area contributed by atoms with Crippen molar-refractivity contribution in [2.24, 2.45) is 5.92 Å². The fraction of sp³-hybridized carbons (Fsp3) is 0.929. The summed E-state index contributed by atoms with van der Waals surface area (Å²) in [5, 5.41) is 3.40. The molecule has 1 atom stereocenters. The number of hydrogen-bond acceptors (Lipinski definition) is 3. The smallest absolute Gasteiger partial charge is 0.248 e. The maximum Gasteiger partial charge on any atom is 0.248 e. The Morgan fingerprint density at radius 3 is 2.61 bits per heavy atom. The zero-order valence-corrected chi connectivity index (χ0v) is 11.3. The first kappa shape index (κ1) is 12.4. The molecule has 4 nitrogen and oxygen atoms in total. The van der Waals surface area contributed by atoms with Crippen LogP contribution in [0.15, 0.2) is 0 Å². The van der Waals surface area contributed by atoms with Gasteiger partial charge in [0.15, 0.2) is 0 Å². The average Bonchev–Trinajstić information content (AvgIpc) is 2.33. The van der Waals surface area contributed by atoms with E-state index >= 15 is 0 Å². The summed E-state index contributed by atoms with van der Waals surface area (Å²) >= 11 is 0. The molecule has 1 saturated carbocycles. The van der Waals surface area contributed by atoms with Crippen molar-refractivity contribution in [3.63, 3.8) is 0 Å². The van der Waals surface area contributed by atoms with Crippen LogP contribution in [0.2, 0.25) is 0 Å². The molecule has 0 aromatic heterocycles. The van der Waals surface area contributed by atoms with Gasteiger partial charge in [-0.1, -0.05) is 0 Å². The van der Waals surface area contributed by atoms with Crippen molar-refractivity contribution in [3.8, 4) is 0 Å². The Labute approximate surface area is 109 Å². The van der Waals surface area contributed by atoms with Gasteiger partial charge in [0, 0.05) is 6.04 Å². The quantitative estimate of drug-likeness (QED) is 0.802. The van der Waals surface area contributed by atoms with E-state index in [4.69, 9.17) is 4.74 Å². The highest BCUT2D eigenvalue weighted by molar-refractivity contribution is 5.78. The van der Waals surface area contributed by atoms with Crippen LogP contribution >= 0.6 is 0 Å². The van der Waals surface area contributed by atoms with Gasteiger partial charge >= 0.3 is 0 Å². The van der Waals surface area contributed by atoms with Crippen LogP contribution in [0.1, 0.15) is 39.0 Å². The zero-order valence-electron chi connectivity index (χ0n) is 11.3. The predicted octanol–water partition coefficient (Wildman–Crippen LogP) is 1.16. The van der Waals surface area contributed by atoms with E-state index in [1.165, 1.54) is 32.1 Å². The Balaban J connectivity index is 1.69. The average molecular weight is 252 g/mol. The zero-order chi connectivity index (χ0) is 12.6. The van der Waals surface area contributed by atoms with Crippen LogP contribution in [0.3, 0.4) is 0 Å². The highest BCUT2D eigenvalue weighted by Gasteiger charge is 2.44. The van der Waals surface area contributed by atoms with Crippen molar-refractivity contribution in [1.82, 2.24) is 10.2 Å². The monoisotopic (exact) mass is 252 g/mol. The van der Waals surface area contributed by atoms with Gasteiger partial charge in [0.25, 0.3) is 0 Å². The van der Waals surface area contributed by atoms with E-state index in [1.54, 1.807) is 0 Å². The minimum Gasteiger partial charge on any atom is -0.363 e. The van der Waals surface area contributed by atoms with Crippen LogP contribution in [-0.2, 0) is 9.53 Å². The summed E-state index contributed by atoms with van der Waals surface area (Å²) < 4.78 is 5.95. The number of carbonyl (C=O) groups excluding carboxylic acids is 1. The number of rotatable bonds is 2. The Morgan fingerprint density at radius 1 is 1.28 bits per heavy atom. The summed E-state index contributed by atoms with van der Waals surface area (Å²) in [7, 11) is 0. The molecule has 4 heteroatoms. The van der Waals surface area contributed by atoms with Gasteiger partial charge in [0.05, 0.1) is 12.1 Å². The molecule has 0 aromatic carbocycles. The molecule has 3 rings (SSSR count). The molecule has 18 heavy (non-hydrogen) atoms. The molecule has 1 unspecified atom stereocenters. The van der Waals surface area contributed by atoms with Gasteiger partial charge in [0.2, 0.25) is 5.91 Å². The van der Waals surface area contributed by atoms with E-state index in [9.17, 15) is 4.79 Å². The van der Waals surface area contributed by atoms with Crippen molar-refractivity contribution >= 4 is 5.91 Å². The second-order valence-corrected chi connectivity index (χ2v) is 6.23. The first-order valence-corrected chi connectivity index (χ1v) is 7.33. The number of carbonyl (C=O) groups is 1. The number of hydrogen-bond donors (Lipinski definition) is 1. The van der Waals surface area contributed by atoms with E-state index in [0.717, 1.165) is 19.6 Å². The van der Waals surface area contributed by atoms with Crippen LogP contribution in [-0.4, -0.2) is 48.7 Å². The van der Waals surface area contributed by atoms with Crippen LogP contribution in [0.4, 0.5) is 0 Å². The van der Waals surface area contributed by atoms with Crippen molar-refractivity contribution in [1.29, 1.82) is 0 Å². The maximum atomic E-state index is 12.0. The Morgan fingerprint density at radius 2 is 2.00 bits per heavy atom. The Hall–Kier alpha value is -0.610. The van der Waals surface area contributed by atoms with E-state index < -0.39 is 0 Å². The first-order valence-electron chi connectivity index (χ1n) is 7.33. The second kappa shape index (κ2) is 4.82. The molecule has 0 aromatic rings. The summed E-state index contributed by atoms with van der Waals surface area (Å²) in [5.41, 5.74) is -0.119. The summed E-state index contributed by atoms with van der Waals surface area (Å²) in [5.74, 6) is 0.792. The summed E-state index contributed by atoms with van der Waals surface area (Å²) in [6.07, 6.45) is 5.99. The fourth-order valence-electron chi connectivity index (χ4n) is 3.49. The standard InChI is InChI=1S/C14H24N2O2/c1-14(11-5-7-15-8-6-11)10-16(12-3-2-4-12)13(17)9-18-14/h11-12,15H,2-10H2,1H3. The lowest BCUT2D eigenvalue weighted by Gasteiger charge is -2.50. The number of piperidine rings is 1. The van der Waals surface area contributed by atoms with Gasteiger partial charge in [-0.3, -0.25) is 4.79 Å². The third-order valence-electron chi connectivity index (χ3n) is 5.05. The van der Waals surface area contributed by atoms with Crippen molar-refractivity contribution in [2.75, 3.05) is 26.2 Å². The summed E-state index contributed by atoms with van der Waals surface area (Å²) in [4.78, 5) is 14.1. The van der Waals surface area contributed by atoms with Gasteiger partial charge in [-0.15, -0.1) is 0 Å². The Kier molecular flexibility index (Phi) is 3.32. The summed E-state index contributed by atoms with van der Waals surface area (Å²) in [6, 6.07) is 0.502. The molecule has 0 radical (unpaired) electrons. The highest BCUT2D eigenvalue weighted by atomic mass is 16.5. The van der Waals surface area contributed by atoms with E-state index in [1.807, 2.05) is 0 Å². The fourth-order valence-corrected chi connectivity index (χ4v) is 3.49. The van der Waals surface area contributed by atoms with Crippen LogP contribution in [0, 0.1) is 5.92 Å². The van der Waals surface area contributed by atoms with Crippen molar-refractivity contribution in [3.05, 3.63) is 0 Å². The molecule has 1 N–H and O–H groups in total. The van der Waals surface area contributed by atoms with Crippen LogP contribution in [0.25, 0.3) is 0 Å². The lowest BCUT2D eigenvalue weighted by atomic mass is 9.79. The minimum absolute atomic E-state index is 0.119. The molecule has 3 aliphatic rings. The van der Waals surface area contributed by atoms with Crippen molar-refractivity contribution in [2.45, 2.75) is 50.7 Å². The lowest BCUT2D eigenvalue weighted by molar-refractivity contribution is -0.178. The van der Waals surface area contributed by atoms with E-state index in [0.29, 0.717) is 12.0 Å². The normalized spacial score (nSPS) is 35.6. The van der Waals surface area contributed by atoms with Gasteiger partial charge in [-0.25, -0.2) is 0 Å².